The third-order valence-corrected chi connectivity index (χ3v) is 3.51. The maximum absolute atomic E-state index is 10.1. The molecule has 1 heterocycles. The summed E-state index contributed by atoms with van der Waals surface area (Å²) < 4.78 is 5.84. The van der Waals surface area contributed by atoms with Gasteiger partial charge in [-0.1, -0.05) is 42.5 Å². The minimum Gasteiger partial charge on any atom is -0.489 e. The summed E-state index contributed by atoms with van der Waals surface area (Å²) >= 11 is 0. The highest BCUT2D eigenvalue weighted by molar-refractivity contribution is 5.47. The normalized spacial score (nSPS) is 19.1. The number of fused-ring (bicyclic) bond motifs is 2. The van der Waals surface area contributed by atoms with Crippen molar-refractivity contribution in [3.63, 3.8) is 0 Å². The Balaban J connectivity index is 2.21. The van der Waals surface area contributed by atoms with Crippen LogP contribution in [0, 0.1) is 0 Å². The predicted octanol–water partition coefficient (Wildman–Crippen LogP) is 3.09. The first-order chi connectivity index (χ1) is 8.77. The number of hydrogen-bond donors (Lipinski definition) is 1. The van der Waals surface area contributed by atoms with E-state index < -0.39 is 6.10 Å². The number of aliphatic hydroxyl groups excluding tert-OH is 1. The van der Waals surface area contributed by atoms with Crippen molar-refractivity contribution in [2.24, 2.45) is 0 Å². The lowest BCUT2D eigenvalue weighted by Gasteiger charge is -2.21. The molecule has 0 spiro atoms. The number of aliphatic hydroxyl groups is 1. The van der Waals surface area contributed by atoms with Crippen molar-refractivity contribution in [3.8, 4) is 5.75 Å². The maximum atomic E-state index is 10.1. The zero-order valence-corrected chi connectivity index (χ0v) is 10.3. The summed E-state index contributed by atoms with van der Waals surface area (Å²) in [5.74, 6) is 0.861. The standard InChI is InChI=1S/C16H16O2/c1-11(17)16-13-7-3-2-6-12(13)10-18-15-9-5-4-8-14(15)16/h2-9,11,16-17H,10H2,1H3. The van der Waals surface area contributed by atoms with Crippen LogP contribution in [0.4, 0.5) is 0 Å². The Hall–Kier alpha value is -1.80. The van der Waals surface area contributed by atoms with Gasteiger partial charge in [-0.25, -0.2) is 0 Å². The number of para-hydroxylation sites is 1. The smallest absolute Gasteiger partial charge is 0.123 e. The second-order valence-electron chi connectivity index (χ2n) is 4.74. The van der Waals surface area contributed by atoms with Crippen LogP contribution >= 0.6 is 0 Å². The Morgan fingerprint density at radius 1 is 1.06 bits per heavy atom. The summed E-state index contributed by atoms with van der Waals surface area (Å²) in [5.41, 5.74) is 3.38. The molecular formula is C16H16O2. The molecule has 2 aromatic rings. The van der Waals surface area contributed by atoms with Crippen LogP contribution in [0.1, 0.15) is 29.5 Å². The first kappa shape index (κ1) is 11.3. The topological polar surface area (TPSA) is 29.5 Å². The van der Waals surface area contributed by atoms with Crippen molar-refractivity contribution in [2.75, 3.05) is 0 Å². The molecule has 92 valence electrons. The number of ether oxygens (including phenoxy) is 1. The van der Waals surface area contributed by atoms with E-state index in [9.17, 15) is 5.11 Å². The number of rotatable bonds is 1. The van der Waals surface area contributed by atoms with Crippen LogP contribution in [-0.4, -0.2) is 11.2 Å². The molecule has 2 atom stereocenters. The number of benzene rings is 2. The van der Waals surface area contributed by atoms with Gasteiger partial charge in [0.25, 0.3) is 0 Å². The van der Waals surface area contributed by atoms with Gasteiger partial charge in [0.2, 0.25) is 0 Å². The SMILES string of the molecule is CC(O)C1c2ccccc2COc2ccccc21. The molecule has 2 aromatic carbocycles. The molecule has 0 saturated carbocycles. The monoisotopic (exact) mass is 240 g/mol. The van der Waals surface area contributed by atoms with Crippen LogP contribution in [0.15, 0.2) is 48.5 Å². The van der Waals surface area contributed by atoms with E-state index in [1.54, 1.807) is 0 Å². The number of hydrogen-bond acceptors (Lipinski definition) is 2. The van der Waals surface area contributed by atoms with Crippen molar-refractivity contribution in [1.29, 1.82) is 0 Å². The van der Waals surface area contributed by atoms with E-state index >= 15 is 0 Å². The third-order valence-electron chi connectivity index (χ3n) is 3.51. The van der Waals surface area contributed by atoms with E-state index in [-0.39, 0.29) is 5.92 Å². The van der Waals surface area contributed by atoms with Crippen LogP contribution < -0.4 is 4.74 Å². The molecule has 2 nitrogen and oxygen atoms in total. The third kappa shape index (κ3) is 1.79. The zero-order valence-electron chi connectivity index (χ0n) is 10.3. The van der Waals surface area contributed by atoms with E-state index in [1.165, 1.54) is 0 Å². The summed E-state index contributed by atoms with van der Waals surface area (Å²) in [6, 6.07) is 16.1. The Bertz CT molecular complexity index is 513. The van der Waals surface area contributed by atoms with Gasteiger partial charge < -0.3 is 9.84 Å². The highest BCUT2D eigenvalue weighted by atomic mass is 16.5. The first-order valence-corrected chi connectivity index (χ1v) is 6.25. The molecule has 0 aromatic heterocycles. The van der Waals surface area contributed by atoms with Crippen LogP contribution in [0.5, 0.6) is 5.75 Å². The van der Waals surface area contributed by atoms with Crippen molar-refractivity contribution >= 4 is 0 Å². The maximum Gasteiger partial charge on any atom is 0.123 e. The predicted molar refractivity (Wildman–Crippen MR) is 70.7 cm³/mol. The van der Waals surface area contributed by atoms with E-state index in [0.29, 0.717) is 6.61 Å². The summed E-state index contributed by atoms with van der Waals surface area (Å²) in [7, 11) is 0. The Morgan fingerprint density at radius 3 is 2.50 bits per heavy atom. The molecular weight excluding hydrogens is 224 g/mol. The van der Waals surface area contributed by atoms with Crippen LogP contribution in [-0.2, 0) is 6.61 Å². The molecule has 0 saturated heterocycles. The average molecular weight is 240 g/mol. The van der Waals surface area contributed by atoms with Crippen molar-refractivity contribution < 1.29 is 9.84 Å². The van der Waals surface area contributed by atoms with E-state index in [4.69, 9.17) is 4.74 Å². The fourth-order valence-corrected chi connectivity index (χ4v) is 2.68. The molecule has 1 aliphatic rings. The van der Waals surface area contributed by atoms with Gasteiger partial charge in [0.05, 0.1) is 6.10 Å². The van der Waals surface area contributed by atoms with Crippen LogP contribution in [0.3, 0.4) is 0 Å². The molecule has 2 heteroatoms. The van der Waals surface area contributed by atoms with Crippen molar-refractivity contribution in [1.82, 2.24) is 0 Å². The minimum atomic E-state index is -0.436. The lowest BCUT2D eigenvalue weighted by Crippen LogP contribution is -2.16. The molecule has 18 heavy (non-hydrogen) atoms. The first-order valence-electron chi connectivity index (χ1n) is 6.25. The molecule has 0 bridgehead atoms. The van der Waals surface area contributed by atoms with Crippen LogP contribution in [0.25, 0.3) is 0 Å². The molecule has 0 radical (unpaired) electrons. The Labute approximate surface area is 107 Å². The van der Waals surface area contributed by atoms with Gasteiger partial charge in [-0.05, 0) is 24.1 Å². The largest absolute Gasteiger partial charge is 0.489 e. The molecule has 0 fully saturated rings. The molecule has 0 amide bonds. The second kappa shape index (κ2) is 4.46. The fourth-order valence-electron chi connectivity index (χ4n) is 2.68. The Morgan fingerprint density at radius 2 is 1.72 bits per heavy atom. The fraction of sp³-hybridized carbons (Fsp3) is 0.250. The van der Waals surface area contributed by atoms with Gasteiger partial charge in [0.15, 0.2) is 0 Å². The average Bonchev–Trinajstić information content (AvgIpc) is 2.55. The molecule has 1 N–H and O–H groups in total. The summed E-state index contributed by atoms with van der Waals surface area (Å²) in [6.45, 7) is 2.40. The lowest BCUT2D eigenvalue weighted by atomic mass is 9.85. The molecule has 3 rings (SSSR count). The van der Waals surface area contributed by atoms with Crippen molar-refractivity contribution in [3.05, 3.63) is 65.2 Å². The quantitative estimate of drug-likeness (QED) is 0.830. The zero-order chi connectivity index (χ0) is 12.5. The van der Waals surface area contributed by atoms with Gasteiger partial charge in [-0.3, -0.25) is 0 Å². The van der Waals surface area contributed by atoms with E-state index in [1.807, 2.05) is 43.3 Å². The lowest BCUT2D eigenvalue weighted by molar-refractivity contribution is 0.176. The van der Waals surface area contributed by atoms with Gasteiger partial charge in [0.1, 0.15) is 12.4 Å². The summed E-state index contributed by atoms with van der Waals surface area (Å²) in [6.07, 6.45) is -0.436. The van der Waals surface area contributed by atoms with Crippen molar-refractivity contribution in [2.45, 2.75) is 25.6 Å². The summed E-state index contributed by atoms with van der Waals surface area (Å²) in [4.78, 5) is 0. The molecule has 0 aliphatic carbocycles. The van der Waals surface area contributed by atoms with Crippen LogP contribution in [0.2, 0.25) is 0 Å². The highest BCUT2D eigenvalue weighted by Gasteiger charge is 2.27. The second-order valence-corrected chi connectivity index (χ2v) is 4.74. The Kier molecular flexibility index (Phi) is 2.80. The van der Waals surface area contributed by atoms with Gasteiger partial charge in [-0.15, -0.1) is 0 Å². The minimum absolute atomic E-state index is 0.0140. The van der Waals surface area contributed by atoms with E-state index in [0.717, 1.165) is 22.4 Å². The van der Waals surface area contributed by atoms with Gasteiger partial charge in [-0.2, -0.15) is 0 Å². The van der Waals surface area contributed by atoms with E-state index in [2.05, 4.69) is 12.1 Å². The summed E-state index contributed by atoms with van der Waals surface area (Å²) in [5, 5.41) is 10.1. The highest BCUT2D eigenvalue weighted by Crippen LogP contribution is 2.38. The molecule has 1 aliphatic heterocycles. The van der Waals surface area contributed by atoms with Gasteiger partial charge >= 0.3 is 0 Å². The van der Waals surface area contributed by atoms with Gasteiger partial charge in [0, 0.05) is 11.5 Å². The molecule has 2 unspecified atom stereocenters.